The molecule has 0 radical (unpaired) electrons. The predicted octanol–water partition coefficient (Wildman–Crippen LogP) is 1.52. The molecular weight excluding hydrogens is 197 g/mol. The Kier molecular flexibility index (Phi) is 3.04. The lowest BCUT2D eigenvalue weighted by Gasteiger charge is -2.05. The molecule has 0 fully saturated rings. The number of nitriles is 1. The van der Waals surface area contributed by atoms with Crippen molar-refractivity contribution in [1.82, 2.24) is 4.98 Å². The van der Waals surface area contributed by atoms with E-state index in [1.54, 1.807) is 6.07 Å². The highest BCUT2D eigenvalue weighted by molar-refractivity contribution is 5.37. The van der Waals surface area contributed by atoms with Gasteiger partial charge in [-0.05, 0) is 0 Å². The van der Waals surface area contributed by atoms with E-state index >= 15 is 0 Å². The molecule has 0 aromatic carbocycles. The number of halogens is 3. The Balaban J connectivity index is 3.37. The first-order valence-corrected chi connectivity index (χ1v) is 3.58. The third-order valence-electron chi connectivity index (χ3n) is 1.63. The van der Waals surface area contributed by atoms with Gasteiger partial charge in [-0.15, -0.1) is 0 Å². The fourth-order valence-corrected chi connectivity index (χ4v) is 0.945. The number of hydrogen-bond donors (Lipinski definition) is 1. The molecule has 74 valence electrons. The van der Waals surface area contributed by atoms with Crippen molar-refractivity contribution >= 4 is 0 Å². The average molecular weight is 202 g/mol. The van der Waals surface area contributed by atoms with Gasteiger partial charge in [-0.2, -0.15) is 5.26 Å². The number of aliphatic hydroxyl groups excluding tert-OH is 1. The first kappa shape index (κ1) is 10.5. The fourth-order valence-electron chi connectivity index (χ4n) is 0.945. The zero-order valence-electron chi connectivity index (χ0n) is 6.84. The maximum absolute atomic E-state index is 13.1. The Morgan fingerprint density at radius 3 is 2.64 bits per heavy atom. The van der Waals surface area contributed by atoms with E-state index in [1.165, 1.54) is 0 Å². The molecule has 0 unspecified atom stereocenters. The van der Waals surface area contributed by atoms with Gasteiger partial charge in [0.2, 0.25) is 0 Å². The van der Waals surface area contributed by atoms with E-state index in [0.29, 0.717) is 0 Å². The van der Waals surface area contributed by atoms with Crippen LogP contribution in [0.25, 0.3) is 0 Å². The molecule has 0 aliphatic heterocycles. The molecule has 1 aromatic heterocycles. The lowest BCUT2D eigenvalue weighted by atomic mass is 10.1. The summed E-state index contributed by atoms with van der Waals surface area (Å²) in [5.41, 5.74) is -1.74. The summed E-state index contributed by atoms with van der Waals surface area (Å²) in [6.45, 7) is -0.809. The fraction of sp³-hybridized carbons (Fsp3) is 0.250. The normalized spacial score (nSPS) is 10.3. The minimum absolute atomic E-state index is 0.241. The molecule has 0 saturated heterocycles. The second kappa shape index (κ2) is 4.07. The zero-order chi connectivity index (χ0) is 10.7. The standard InChI is InChI=1S/C8H5F3N2O/c9-6-5(3-14)4(1-12)2-13-7(6)8(10)11/h2,8,14H,3H2. The maximum atomic E-state index is 13.1. The predicted molar refractivity (Wildman–Crippen MR) is 39.8 cm³/mol. The van der Waals surface area contributed by atoms with Gasteiger partial charge in [0.1, 0.15) is 11.8 Å². The lowest BCUT2D eigenvalue weighted by molar-refractivity contribution is 0.139. The van der Waals surface area contributed by atoms with Crippen LogP contribution in [-0.2, 0) is 6.61 Å². The van der Waals surface area contributed by atoms with Crippen LogP contribution in [0.1, 0.15) is 23.2 Å². The summed E-state index contributed by atoms with van der Waals surface area (Å²) in [5, 5.41) is 17.1. The number of rotatable bonds is 2. The molecule has 0 aliphatic carbocycles. The minimum atomic E-state index is -3.06. The summed E-state index contributed by atoms with van der Waals surface area (Å²) in [7, 11) is 0. The Bertz CT molecular complexity index is 387. The molecule has 1 heterocycles. The molecule has 6 heteroatoms. The first-order chi connectivity index (χ1) is 6.61. The quantitative estimate of drug-likeness (QED) is 0.790. The van der Waals surface area contributed by atoms with Gasteiger partial charge in [0.15, 0.2) is 5.82 Å². The van der Waals surface area contributed by atoms with Crippen molar-refractivity contribution in [3.05, 3.63) is 28.8 Å². The molecule has 0 amide bonds. The molecule has 1 rings (SSSR count). The summed E-state index contributed by atoms with van der Waals surface area (Å²) in [6, 6.07) is 1.55. The smallest absolute Gasteiger partial charge is 0.283 e. The summed E-state index contributed by atoms with van der Waals surface area (Å²) in [4.78, 5) is 3.10. The van der Waals surface area contributed by atoms with Gasteiger partial charge in [-0.25, -0.2) is 13.2 Å². The average Bonchev–Trinajstić information content (AvgIpc) is 2.16. The van der Waals surface area contributed by atoms with Crippen molar-refractivity contribution in [2.45, 2.75) is 13.0 Å². The third kappa shape index (κ3) is 1.67. The third-order valence-corrected chi connectivity index (χ3v) is 1.63. The summed E-state index contributed by atoms with van der Waals surface area (Å²) >= 11 is 0. The van der Waals surface area contributed by atoms with Crippen LogP contribution in [0.15, 0.2) is 6.20 Å². The van der Waals surface area contributed by atoms with Gasteiger partial charge < -0.3 is 5.11 Å². The van der Waals surface area contributed by atoms with Gasteiger partial charge in [0.05, 0.1) is 12.2 Å². The van der Waals surface area contributed by atoms with Gasteiger partial charge in [-0.1, -0.05) is 0 Å². The molecule has 1 aromatic rings. The lowest BCUT2D eigenvalue weighted by Crippen LogP contribution is -2.03. The highest BCUT2D eigenvalue weighted by Gasteiger charge is 2.20. The number of aliphatic hydroxyl groups is 1. The van der Waals surface area contributed by atoms with Crippen LogP contribution in [0.4, 0.5) is 13.2 Å². The van der Waals surface area contributed by atoms with E-state index in [1.807, 2.05) is 0 Å². The van der Waals surface area contributed by atoms with Crippen LogP contribution in [0.3, 0.4) is 0 Å². The van der Waals surface area contributed by atoms with Crippen LogP contribution in [0.5, 0.6) is 0 Å². The number of pyridine rings is 1. The highest BCUT2D eigenvalue weighted by atomic mass is 19.3. The Morgan fingerprint density at radius 1 is 1.57 bits per heavy atom. The molecule has 0 spiro atoms. The molecule has 0 atom stereocenters. The second-order valence-electron chi connectivity index (χ2n) is 2.42. The van der Waals surface area contributed by atoms with E-state index in [-0.39, 0.29) is 5.56 Å². The molecule has 1 N–H and O–H groups in total. The largest absolute Gasteiger partial charge is 0.392 e. The van der Waals surface area contributed by atoms with Crippen molar-refractivity contribution in [3.63, 3.8) is 0 Å². The van der Waals surface area contributed by atoms with Crippen LogP contribution in [-0.4, -0.2) is 10.1 Å². The zero-order valence-corrected chi connectivity index (χ0v) is 6.84. The van der Waals surface area contributed by atoms with Gasteiger partial charge in [0.25, 0.3) is 6.43 Å². The van der Waals surface area contributed by atoms with Crippen molar-refractivity contribution in [2.24, 2.45) is 0 Å². The van der Waals surface area contributed by atoms with Crippen molar-refractivity contribution in [2.75, 3.05) is 0 Å². The number of alkyl halides is 2. The SMILES string of the molecule is N#Cc1cnc(C(F)F)c(F)c1CO. The van der Waals surface area contributed by atoms with Crippen LogP contribution in [0.2, 0.25) is 0 Å². The summed E-state index contributed by atoms with van der Waals surface area (Å²) < 4.78 is 37.3. The first-order valence-electron chi connectivity index (χ1n) is 3.58. The maximum Gasteiger partial charge on any atom is 0.283 e. The Hall–Kier alpha value is -1.61. The van der Waals surface area contributed by atoms with Crippen LogP contribution in [0, 0.1) is 17.1 Å². The van der Waals surface area contributed by atoms with E-state index in [9.17, 15) is 13.2 Å². The van der Waals surface area contributed by atoms with Crippen LogP contribution >= 0.6 is 0 Å². The number of nitrogens with zero attached hydrogens (tertiary/aromatic N) is 2. The Morgan fingerprint density at radius 2 is 2.21 bits per heavy atom. The minimum Gasteiger partial charge on any atom is -0.392 e. The van der Waals surface area contributed by atoms with Gasteiger partial charge in [0, 0.05) is 11.8 Å². The molecule has 0 bridgehead atoms. The molecular formula is C8H5F3N2O. The summed E-state index contributed by atoms with van der Waals surface area (Å²) in [5.74, 6) is -1.32. The van der Waals surface area contributed by atoms with Crippen molar-refractivity contribution < 1.29 is 18.3 Å². The van der Waals surface area contributed by atoms with Crippen molar-refractivity contribution in [3.8, 4) is 6.07 Å². The van der Waals surface area contributed by atoms with E-state index < -0.39 is 30.1 Å². The van der Waals surface area contributed by atoms with Crippen LogP contribution < -0.4 is 0 Å². The van der Waals surface area contributed by atoms with Gasteiger partial charge in [-0.3, -0.25) is 4.98 Å². The number of aromatic nitrogens is 1. The van der Waals surface area contributed by atoms with Gasteiger partial charge >= 0.3 is 0 Å². The highest BCUT2D eigenvalue weighted by Crippen LogP contribution is 2.23. The summed E-state index contributed by atoms with van der Waals surface area (Å²) in [6.07, 6.45) is -2.25. The molecule has 0 saturated carbocycles. The van der Waals surface area contributed by atoms with Crippen molar-refractivity contribution in [1.29, 1.82) is 5.26 Å². The monoisotopic (exact) mass is 202 g/mol. The van der Waals surface area contributed by atoms with E-state index in [4.69, 9.17) is 10.4 Å². The molecule has 0 aliphatic rings. The Labute approximate surface area is 77.4 Å². The molecule has 3 nitrogen and oxygen atoms in total. The second-order valence-corrected chi connectivity index (χ2v) is 2.42. The number of hydrogen-bond acceptors (Lipinski definition) is 3. The van der Waals surface area contributed by atoms with E-state index in [2.05, 4.69) is 4.98 Å². The van der Waals surface area contributed by atoms with E-state index in [0.717, 1.165) is 6.20 Å². The molecule has 14 heavy (non-hydrogen) atoms. The topological polar surface area (TPSA) is 56.9 Å².